The molecule has 0 aromatic carbocycles. The molecule has 2 heterocycles. The number of ether oxygens (including phenoxy) is 1. The molecule has 2 rings (SSSR count). The Kier molecular flexibility index (Phi) is 5.07. The van der Waals surface area contributed by atoms with E-state index < -0.39 is 5.60 Å². The van der Waals surface area contributed by atoms with Crippen molar-refractivity contribution in [1.29, 1.82) is 0 Å². The van der Waals surface area contributed by atoms with Gasteiger partial charge in [-0.3, -0.25) is 0 Å². The highest BCUT2D eigenvalue weighted by Gasteiger charge is 2.27. The van der Waals surface area contributed by atoms with Crippen LogP contribution >= 0.6 is 0 Å². The zero-order chi connectivity index (χ0) is 17.0. The molecule has 1 amide bonds. The molecular weight excluding hydrogens is 298 g/mol. The summed E-state index contributed by atoms with van der Waals surface area (Å²) in [6.45, 7) is 8.04. The molecule has 1 saturated heterocycles. The van der Waals surface area contributed by atoms with Gasteiger partial charge in [-0.15, -0.1) is 0 Å². The van der Waals surface area contributed by atoms with Crippen LogP contribution in [0.1, 0.15) is 20.8 Å². The van der Waals surface area contributed by atoms with Crippen LogP contribution in [0.4, 0.5) is 22.6 Å². The summed E-state index contributed by atoms with van der Waals surface area (Å²) in [4.78, 5) is 28.8. The van der Waals surface area contributed by atoms with Gasteiger partial charge in [-0.1, -0.05) is 0 Å². The first-order valence-electron chi connectivity index (χ1n) is 7.67. The number of nitrogens with zero attached hydrogens (tertiary/aromatic N) is 5. The van der Waals surface area contributed by atoms with Crippen LogP contribution < -0.4 is 15.5 Å². The maximum atomic E-state index is 12.1. The first-order valence-corrected chi connectivity index (χ1v) is 7.67. The van der Waals surface area contributed by atoms with Gasteiger partial charge in [-0.05, 0) is 20.8 Å². The quantitative estimate of drug-likeness (QED) is 0.851. The molecule has 0 saturated carbocycles. The zero-order valence-electron chi connectivity index (χ0n) is 14.4. The van der Waals surface area contributed by atoms with E-state index in [1.165, 1.54) is 0 Å². The Morgan fingerprint density at radius 3 is 1.96 bits per heavy atom. The van der Waals surface area contributed by atoms with Crippen molar-refractivity contribution < 1.29 is 9.53 Å². The molecule has 0 atom stereocenters. The number of hydrogen-bond acceptors (Lipinski definition) is 8. The number of piperazine rings is 1. The Bertz CT molecular complexity index is 528. The molecule has 1 fully saturated rings. The second-order valence-electron chi connectivity index (χ2n) is 6.24. The SMILES string of the molecule is CNc1nc(NC)nc(N2CCN(C(=O)OC(C)(C)C)CC2)n1. The van der Waals surface area contributed by atoms with Crippen molar-refractivity contribution in [3.05, 3.63) is 0 Å². The van der Waals surface area contributed by atoms with Crippen LogP contribution in [0.2, 0.25) is 0 Å². The molecule has 23 heavy (non-hydrogen) atoms. The van der Waals surface area contributed by atoms with Gasteiger partial charge in [-0.25, -0.2) is 4.79 Å². The number of carbonyl (C=O) groups is 1. The third kappa shape index (κ3) is 4.57. The standard InChI is InChI=1S/C14H25N7O2/c1-14(2,3)23-13(22)21-8-6-20(7-9-21)12-18-10(15-4)17-11(16-5)19-12/h6-9H2,1-5H3,(H2,15,16,17,18,19). The van der Waals surface area contributed by atoms with E-state index in [0.717, 1.165) is 0 Å². The Balaban J connectivity index is 2.00. The molecule has 128 valence electrons. The van der Waals surface area contributed by atoms with Crippen LogP contribution in [0, 0.1) is 0 Å². The first-order chi connectivity index (χ1) is 10.8. The Morgan fingerprint density at radius 1 is 1.00 bits per heavy atom. The topological polar surface area (TPSA) is 95.5 Å². The van der Waals surface area contributed by atoms with Gasteiger partial charge in [0.15, 0.2) is 0 Å². The van der Waals surface area contributed by atoms with Gasteiger partial charge < -0.3 is 25.2 Å². The van der Waals surface area contributed by atoms with E-state index in [9.17, 15) is 4.79 Å². The largest absolute Gasteiger partial charge is 0.444 e. The Labute approximate surface area is 136 Å². The minimum Gasteiger partial charge on any atom is -0.444 e. The van der Waals surface area contributed by atoms with Gasteiger partial charge in [0, 0.05) is 40.3 Å². The smallest absolute Gasteiger partial charge is 0.410 e. The zero-order valence-corrected chi connectivity index (χ0v) is 14.4. The van der Waals surface area contributed by atoms with Gasteiger partial charge in [0.1, 0.15) is 5.60 Å². The lowest BCUT2D eigenvalue weighted by atomic mass is 10.2. The van der Waals surface area contributed by atoms with Gasteiger partial charge in [0.25, 0.3) is 0 Å². The molecular formula is C14H25N7O2. The molecule has 1 aromatic rings. The maximum absolute atomic E-state index is 12.1. The molecule has 9 nitrogen and oxygen atoms in total. The van der Waals surface area contributed by atoms with Crippen LogP contribution in [0.3, 0.4) is 0 Å². The van der Waals surface area contributed by atoms with Crippen molar-refractivity contribution in [1.82, 2.24) is 19.9 Å². The van der Waals surface area contributed by atoms with Crippen LogP contribution in [-0.4, -0.2) is 71.8 Å². The predicted octanol–water partition coefficient (Wildman–Crippen LogP) is 1.01. The fourth-order valence-corrected chi connectivity index (χ4v) is 2.15. The van der Waals surface area contributed by atoms with E-state index in [4.69, 9.17) is 4.74 Å². The predicted molar refractivity (Wildman–Crippen MR) is 88.9 cm³/mol. The second kappa shape index (κ2) is 6.84. The summed E-state index contributed by atoms with van der Waals surface area (Å²) in [7, 11) is 3.53. The minimum absolute atomic E-state index is 0.278. The first kappa shape index (κ1) is 17.0. The van der Waals surface area contributed by atoms with Crippen molar-refractivity contribution in [3.8, 4) is 0 Å². The molecule has 0 spiro atoms. The summed E-state index contributed by atoms with van der Waals surface area (Å²) in [5, 5.41) is 5.84. The molecule has 1 aromatic heterocycles. The molecule has 9 heteroatoms. The molecule has 0 bridgehead atoms. The van der Waals surface area contributed by atoms with Gasteiger partial charge in [0.2, 0.25) is 17.8 Å². The van der Waals surface area contributed by atoms with E-state index in [2.05, 4.69) is 25.6 Å². The number of rotatable bonds is 3. The highest BCUT2D eigenvalue weighted by atomic mass is 16.6. The van der Waals surface area contributed by atoms with E-state index in [-0.39, 0.29) is 6.09 Å². The number of anilines is 3. The molecule has 0 unspecified atom stereocenters. The van der Waals surface area contributed by atoms with Crippen molar-refractivity contribution in [2.24, 2.45) is 0 Å². The Hall–Kier alpha value is -2.32. The highest BCUT2D eigenvalue weighted by molar-refractivity contribution is 5.68. The summed E-state index contributed by atoms with van der Waals surface area (Å²) in [6, 6.07) is 0. The second-order valence-corrected chi connectivity index (χ2v) is 6.24. The number of nitrogens with one attached hydrogen (secondary N) is 2. The monoisotopic (exact) mass is 323 g/mol. The van der Waals surface area contributed by atoms with E-state index in [0.29, 0.717) is 44.0 Å². The lowest BCUT2D eigenvalue weighted by molar-refractivity contribution is 0.0240. The average molecular weight is 323 g/mol. The molecule has 2 N–H and O–H groups in total. The third-order valence-electron chi connectivity index (χ3n) is 3.29. The molecule has 0 aliphatic carbocycles. The van der Waals surface area contributed by atoms with Gasteiger partial charge >= 0.3 is 6.09 Å². The fourth-order valence-electron chi connectivity index (χ4n) is 2.15. The van der Waals surface area contributed by atoms with E-state index >= 15 is 0 Å². The minimum atomic E-state index is -0.480. The highest BCUT2D eigenvalue weighted by Crippen LogP contribution is 2.17. The number of hydrogen-bond donors (Lipinski definition) is 2. The van der Waals surface area contributed by atoms with E-state index in [1.54, 1.807) is 19.0 Å². The average Bonchev–Trinajstić information content (AvgIpc) is 2.52. The van der Waals surface area contributed by atoms with Gasteiger partial charge in [0.05, 0.1) is 0 Å². The third-order valence-corrected chi connectivity index (χ3v) is 3.29. The van der Waals surface area contributed by atoms with Crippen LogP contribution in [-0.2, 0) is 4.74 Å². The maximum Gasteiger partial charge on any atom is 0.410 e. The summed E-state index contributed by atoms with van der Waals surface area (Å²) in [5.74, 6) is 1.61. The van der Waals surface area contributed by atoms with Crippen molar-refractivity contribution in [3.63, 3.8) is 0 Å². The number of amides is 1. The Morgan fingerprint density at radius 2 is 1.52 bits per heavy atom. The van der Waals surface area contributed by atoms with Crippen LogP contribution in [0.15, 0.2) is 0 Å². The van der Waals surface area contributed by atoms with E-state index in [1.807, 2.05) is 25.7 Å². The fraction of sp³-hybridized carbons (Fsp3) is 0.714. The summed E-state index contributed by atoms with van der Waals surface area (Å²) in [5.41, 5.74) is -0.480. The normalized spacial score (nSPS) is 15.3. The van der Waals surface area contributed by atoms with Crippen LogP contribution in [0.25, 0.3) is 0 Å². The lowest BCUT2D eigenvalue weighted by Gasteiger charge is -2.35. The van der Waals surface area contributed by atoms with Gasteiger partial charge in [-0.2, -0.15) is 15.0 Å². The number of carbonyl (C=O) groups excluding carboxylic acids is 1. The molecule has 1 aliphatic heterocycles. The summed E-state index contributed by atoms with van der Waals surface area (Å²) in [6.07, 6.45) is -0.278. The number of aromatic nitrogens is 3. The van der Waals surface area contributed by atoms with Crippen molar-refractivity contribution in [2.75, 3.05) is 55.8 Å². The summed E-state index contributed by atoms with van der Waals surface area (Å²) < 4.78 is 5.40. The molecule has 1 aliphatic rings. The lowest BCUT2D eigenvalue weighted by Crippen LogP contribution is -2.50. The summed E-state index contributed by atoms with van der Waals surface area (Å²) >= 11 is 0. The molecule has 0 radical (unpaired) electrons. The van der Waals surface area contributed by atoms with Crippen LogP contribution in [0.5, 0.6) is 0 Å². The van der Waals surface area contributed by atoms with Crippen molar-refractivity contribution in [2.45, 2.75) is 26.4 Å². The van der Waals surface area contributed by atoms with Crippen molar-refractivity contribution >= 4 is 23.9 Å².